The van der Waals surface area contributed by atoms with E-state index < -0.39 is 19.9 Å². The average molecular weight is 347 g/mol. The zero-order valence-corrected chi connectivity index (χ0v) is 17.2. The first-order valence-electron chi connectivity index (χ1n) is 9.47. The second-order valence-electron chi connectivity index (χ2n) is 8.68. The van der Waals surface area contributed by atoms with Crippen molar-refractivity contribution in [1.82, 2.24) is 0 Å². The number of benzene rings is 1. The van der Waals surface area contributed by atoms with Gasteiger partial charge in [0.05, 0.1) is 8.07 Å². The zero-order chi connectivity index (χ0) is 20.1. The van der Waals surface area contributed by atoms with Gasteiger partial charge < -0.3 is 0 Å². The fraction of sp³-hybridized carbons (Fsp3) is 0.476. The van der Waals surface area contributed by atoms with Crippen molar-refractivity contribution in [2.45, 2.75) is 53.7 Å². The van der Waals surface area contributed by atoms with Gasteiger partial charge in [0.1, 0.15) is 12.9 Å². The Balaban J connectivity index is 2.85. The fourth-order valence-electron chi connectivity index (χ4n) is 2.94. The van der Waals surface area contributed by atoms with Crippen LogP contribution in [0.15, 0.2) is 30.5 Å². The summed E-state index contributed by atoms with van der Waals surface area (Å²) in [5.41, 5.74) is 2.93. The van der Waals surface area contributed by atoms with E-state index in [1.807, 2.05) is 40.8 Å². The van der Waals surface area contributed by atoms with Crippen LogP contribution < -0.4 is 9.75 Å². The van der Waals surface area contributed by atoms with Gasteiger partial charge in [0.2, 0.25) is 5.69 Å². The van der Waals surface area contributed by atoms with Crippen LogP contribution >= 0.6 is 0 Å². The monoisotopic (exact) mass is 346 g/mol. The third-order valence-electron chi connectivity index (χ3n) is 4.06. The molecule has 0 radical (unpaired) electrons. The Kier molecular flexibility index (Phi) is 4.29. The number of aromatic nitrogens is 1. The average Bonchev–Trinajstić information content (AvgIpc) is 2.45. The molecular weight excluding hydrogens is 313 g/mol. The predicted molar refractivity (Wildman–Crippen MR) is 104 cm³/mol. The molecule has 0 saturated carbocycles. The zero-order valence-electron chi connectivity index (χ0n) is 18.2. The minimum atomic E-state index is -1.77. The van der Waals surface area contributed by atoms with Gasteiger partial charge in [-0.1, -0.05) is 40.4 Å². The maximum Gasteiger partial charge on any atom is 0.212 e. The van der Waals surface area contributed by atoms with E-state index in [0.29, 0.717) is 0 Å². The van der Waals surface area contributed by atoms with Crippen molar-refractivity contribution >= 4 is 13.3 Å². The lowest BCUT2D eigenvalue weighted by Gasteiger charge is -2.25. The topological polar surface area (TPSA) is 3.88 Å². The first-order valence-corrected chi connectivity index (χ1v) is 12.0. The molecule has 0 bridgehead atoms. The highest BCUT2D eigenvalue weighted by Crippen LogP contribution is 2.26. The third-order valence-corrected chi connectivity index (χ3v) is 6.07. The van der Waals surface area contributed by atoms with Crippen LogP contribution in [0.4, 0.5) is 4.39 Å². The standard InChI is InChI=1S/C21H31FNSi/c1-15-11-17(22)9-10-18(15)19-12-16(13-21(2,3)4)20(14-23(19)5)24(6,7)8/h9-12,14H,13H2,1-8H3/q+1/i13D2. The van der Waals surface area contributed by atoms with Crippen LogP contribution in [0.25, 0.3) is 11.3 Å². The molecule has 130 valence electrons. The Morgan fingerprint density at radius 3 is 2.29 bits per heavy atom. The van der Waals surface area contributed by atoms with E-state index >= 15 is 0 Å². The molecule has 0 saturated heterocycles. The second kappa shape index (κ2) is 6.44. The summed E-state index contributed by atoms with van der Waals surface area (Å²) in [5, 5.41) is 1.13. The number of halogens is 1. The third kappa shape index (κ3) is 4.32. The number of hydrogen-bond acceptors (Lipinski definition) is 0. The van der Waals surface area contributed by atoms with Crippen LogP contribution in [-0.4, -0.2) is 8.07 Å². The highest BCUT2D eigenvalue weighted by molar-refractivity contribution is 6.88. The molecule has 24 heavy (non-hydrogen) atoms. The van der Waals surface area contributed by atoms with Gasteiger partial charge in [-0.2, -0.15) is 0 Å². The molecule has 0 aliphatic rings. The normalized spacial score (nSPS) is 14.4. The number of hydrogen-bond donors (Lipinski definition) is 0. The highest BCUT2D eigenvalue weighted by Gasteiger charge is 2.28. The predicted octanol–water partition coefficient (Wildman–Crippen LogP) is 4.76. The van der Waals surface area contributed by atoms with E-state index in [4.69, 9.17) is 2.74 Å². The second-order valence-corrected chi connectivity index (χ2v) is 13.7. The quantitative estimate of drug-likeness (QED) is 0.557. The Hall–Kier alpha value is -1.48. The Labute approximate surface area is 150 Å². The lowest BCUT2D eigenvalue weighted by atomic mass is 9.87. The molecule has 2 rings (SSSR count). The summed E-state index contributed by atoms with van der Waals surface area (Å²) in [4.78, 5) is 0. The number of pyridine rings is 1. The Morgan fingerprint density at radius 1 is 1.17 bits per heavy atom. The molecule has 1 aromatic carbocycles. The van der Waals surface area contributed by atoms with Crippen LogP contribution in [0.5, 0.6) is 0 Å². The van der Waals surface area contributed by atoms with Gasteiger partial charge in [-0.25, -0.2) is 8.96 Å². The van der Waals surface area contributed by atoms with Crippen molar-refractivity contribution in [1.29, 1.82) is 0 Å². The van der Waals surface area contributed by atoms with E-state index in [2.05, 4.69) is 30.4 Å². The van der Waals surface area contributed by atoms with E-state index in [0.717, 1.165) is 27.6 Å². The molecule has 0 amide bonds. The van der Waals surface area contributed by atoms with Crippen molar-refractivity contribution in [2.75, 3.05) is 0 Å². The summed E-state index contributed by atoms with van der Waals surface area (Å²) in [6.45, 7) is 14.4. The minimum absolute atomic E-state index is 0.252. The summed E-state index contributed by atoms with van der Waals surface area (Å²) in [6, 6.07) is 6.76. The van der Waals surface area contributed by atoms with Crippen LogP contribution in [0.1, 0.15) is 34.6 Å². The molecule has 1 nitrogen and oxygen atoms in total. The number of nitrogens with zero attached hydrogens (tertiary/aromatic N) is 1. The van der Waals surface area contributed by atoms with Gasteiger partial charge in [-0.05, 0) is 48.0 Å². The summed E-state index contributed by atoms with van der Waals surface area (Å²) in [5.74, 6) is -0.252. The van der Waals surface area contributed by atoms with Crippen LogP contribution in [0.3, 0.4) is 0 Å². The van der Waals surface area contributed by atoms with Gasteiger partial charge in [-0.3, -0.25) is 0 Å². The lowest BCUT2D eigenvalue weighted by molar-refractivity contribution is -0.659. The van der Waals surface area contributed by atoms with Crippen molar-refractivity contribution in [3.05, 3.63) is 47.4 Å². The smallest absolute Gasteiger partial charge is 0.207 e. The van der Waals surface area contributed by atoms with Crippen LogP contribution in [-0.2, 0) is 13.4 Å². The molecule has 3 heteroatoms. The lowest BCUT2D eigenvalue weighted by Crippen LogP contribution is -2.47. The van der Waals surface area contributed by atoms with Gasteiger partial charge >= 0.3 is 0 Å². The number of rotatable bonds is 3. The molecule has 1 aromatic heterocycles. The molecule has 0 N–H and O–H groups in total. The molecule has 2 aromatic rings. The van der Waals surface area contributed by atoms with Crippen LogP contribution in [0, 0.1) is 18.2 Å². The fourth-order valence-corrected chi connectivity index (χ4v) is 4.46. The summed E-state index contributed by atoms with van der Waals surface area (Å²) in [7, 11) is 0.219. The first-order chi connectivity index (χ1) is 11.7. The van der Waals surface area contributed by atoms with Crippen molar-refractivity contribution in [3.63, 3.8) is 0 Å². The molecule has 1 heterocycles. The SMILES string of the molecule is [2H]C([2H])(c1cc(-c2ccc(F)cc2C)[n+](C)cc1[Si](C)(C)C)C(C)(C)C. The van der Waals surface area contributed by atoms with Crippen molar-refractivity contribution in [2.24, 2.45) is 12.5 Å². The molecular formula is C21H31FNSi+. The summed E-state index contributed by atoms with van der Waals surface area (Å²) >= 11 is 0. The van der Waals surface area contributed by atoms with Gasteiger partial charge in [0, 0.05) is 19.6 Å². The largest absolute Gasteiger partial charge is 0.212 e. The van der Waals surface area contributed by atoms with E-state index in [1.54, 1.807) is 6.07 Å². The minimum Gasteiger partial charge on any atom is -0.207 e. The number of aryl methyl sites for hydroxylation is 2. The van der Waals surface area contributed by atoms with Crippen molar-refractivity contribution < 1.29 is 11.7 Å². The van der Waals surface area contributed by atoms with E-state index in [1.165, 1.54) is 12.1 Å². The molecule has 0 spiro atoms. The Bertz CT molecular complexity index is 833. The summed E-state index contributed by atoms with van der Waals surface area (Å²) < 4.78 is 33.4. The molecule has 0 fully saturated rings. The van der Waals surface area contributed by atoms with E-state index in [-0.39, 0.29) is 5.82 Å². The van der Waals surface area contributed by atoms with E-state index in [9.17, 15) is 4.39 Å². The summed E-state index contributed by atoms with van der Waals surface area (Å²) in [6.07, 6.45) is 0.614. The maximum atomic E-state index is 13.5. The van der Waals surface area contributed by atoms with Gasteiger partial charge in [0.25, 0.3) is 0 Å². The highest BCUT2D eigenvalue weighted by atomic mass is 28.3. The van der Waals surface area contributed by atoms with Crippen molar-refractivity contribution in [3.8, 4) is 11.3 Å². The molecule has 0 unspecified atom stereocenters. The molecule has 0 aliphatic carbocycles. The maximum absolute atomic E-state index is 13.5. The molecule has 0 aliphatic heterocycles. The van der Waals surface area contributed by atoms with Crippen LogP contribution in [0.2, 0.25) is 19.6 Å². The van der Waals surface area contributed by atoms with Gasteiger partial charge in [-0.15, -0.1) is 0 Å². The Morgan fingerprint density at radius 2 is 1.79 bits per heavy atom. The first kappa shape index (κ1) is 16.0. The van der Waals surface area contributed by atoms with Gasteiger partial charge in [0.15, 0.2) is 6.20 Å². The molecule has 0 atom stereocenters.